The Kier molecular flexibility index (Phi) is 7.93. The Balaban J connectivity index is 0.000000479. The van der Waals surface area contributed by atoms with Gasteiger partial charge in [0.15, 0.2) is 11.6 Å². The van der Waals surface area contributed by atoms with Crippen molar-refractivity contribution in [3.8, 4) is 0 Å². The molecule has 0 aliphatic rings. The molecule has 16 heteroatoms. The summed E-state index contributed by atoms with van der Waals surface area (Å²) < 4.78 is 69.5. The van der Waals surface area contributed by atoms with Gasteiger partial charge >= 0.3 is 12.1 Å². The van der Waals surface area contributed by atoms with Crippen molar-refractivity contribution in [2.45, 2.75) is 18.0 Å². The highest BCUT2D eigenvalue weighted by atomic mass is 32.2. The number of nitrogens with zero attached hydrogens (tertiary/aromatic N) is 4. The van der Waals surface area contributed by atoms with Crippen molar-refractivity contribution in [2.75, 3.05) is 16.8 Å². The minimum absolute atomic E-state index is 0.0587. The maximum Gasteiger partial charge on any atom is 0.490 e. The second kappa shape index (κ2) is 10.8. The van der Waals surface area contributed by atoms with Crippen molar-refractivity contribution in [3.05, 3.63) is 60.7 Å². The Labute approximate surface area is 207 Å². The van der Waals surface area contributed by atoms with Gasteiger partial charge in [-0.2, -0.15) is 23.3 Å². The molecule has 196 valence electrons. The number of aromatic nitrogens is 4. The van der Waals surface area contributed by atoms with Gasteiger partial charge in [-0.25, -0.2) is 27.7 Å². The number of fused-ring (bicyclic) bond motifs is 1. The van der Waals surface area contributed by atoms with E-state index in [1.165, 1.54) is 18.2 Å². The van der Waals surface area contributed by atoms with Gasteiger partial charge in [0, 0.05) is 17.6 Å². The number of aliphatic carboxylic acids is 1. The Morgan fingerprint density at radius 1 is 1.19 bits per heavy atom. The van der Waals surface area contributed by atoms with Crippen LogP contribution in [0.3, 0.4) is 0 Å². The standard InChI is InChI=1S/C19H18FN7O2S.C2HF3O2/c1-2-27(17-8-4-7-16-14(17)10-23-26-16)18-15(20)11-22-19(25-18)24-12-5-3-6-13(9-12)30(21,28)29;3-2(4,5)1(6)7/h3-11H,2H2,1H3,(H,23,26)(H2,21,28,29)(H,22,24,25);(H,6,7). The van der Waals surface area contributed by atoms with E-state index in [1.54, 1.807) is 17.2 Å². The van der Waals surface area contributed by atoms with E-state index in [2.05, 4.69) is 25.5 Å². The molecule has 0 bridgehead atoms. The number of rotatable bonds is 6. The fourth-order valence-corrected chi connectivity index (χ4v) is 3.67. The number of benzene rings is 2. The van der Waals surface area contributed by atoms with Crippen LogP contribution in [-0.2, 0) is 14.8 Å². The molecule has 0 aliphatic heterocycles. The van der Waals surface area contributed by atoms with Crippen LogP contribution in [0.25, 0.3) is 10.9 Å². The van der Waals surface area contributed by atoms with Crippen molar-refractivity contribution in [3.63, 3.8) is 0 Å². The highest BCUT2D eigenvalue weighted by molar-refractivity contribution is 7.89. The number of hydrogen-bond donors (Lipinski definition) is 4. The number of carbonyl (C=O) groups is 1. The summed E-state index contributed by atoms with van der Waals surface area (Å²) >= 11 is 0. The summed E-state index contributed by atoms with van der Waals surface area (Å²) in [6.45, 7) is 2.32. The van der Waals surface area contributed by atoms with Gasteiger partial charge < -0.3 is 15.3 Å². The Hall–Kier alpha value is -4.31. The van der Waals surface area contributed by atoms with E-state index in [9.17, 15) is 26.0 Å². The number of nitrogens with one attached hydrogen (secondary N) is 2. The maximum absolute atomic E-state index is 14.7. The van der Waals surface area contributed by atoms with Gasteiger partial charge in [0.05, 0.1) is 28.5 Å². The van der Waals surface area contributed by atoms with Crippen LogP contribution in [0.15, 0.2) is 59.8 Å². The third kappa shape index (κ3) is 6.68. The number of primary sulfonamides is 1. The Morgan fingerprint density at radius 2 is 1.86 bits per heavy atom. The lowest BCUT2D eigenvalue weighted by atomic mass is 10.2. The van der Waals surface area contributed by atoms with Gasteiger partial charge in [0.2, 0.25) is 16.0 Å². The lowest BCUT2D eigenvalue weighted by Crippen LogP contribution is -2.21. The SMILES string of the molecule is CCN(c1nc(Nc2cccc(S(N)(=O)=O)c2)ncc1F)c1cccc2[nH]ncc12.O=C(O)C(F)(F)F. The van der Waals surface area contributed by atoms with Crippen LogP contribution in [0.4, 0.5) is 40.7 Å². The largest absolute Gasteiger partial charge is 0.490 e. The van der Waals surface area contributed by atoms with Gasteiger partial charge in [0.25, 0.3) is 0 Å². The molecule has 0 amide bonds. The van der Waals surface area contributed by atoms with Crippen molar-refractivity contribution in [1.29, 1.82) is 0 Å². The molecule has 0 radical (unpaired) electrons. The zero-order valence-corrected chi connectivity index (χ0v) is 19.7. The van der Waals surface area contributed by atoms with E-state index in [-0.39, 0.29) is 16.7 Å². The predicted molar refractivity (Wildman–Crippen MR) is 126 cm³/mol. The first kappa shape index (κ1) is 27.3. The lowest BCUT2D eigenvalue weighted by molar-refractivity contribution is -0.192. The summed E-state index contributed by atoms with van der Waals surface area (Å²) in [5, 5.41) is 23.0. The van der Waals surface area contributed by atoms with Crippen LogP contribution in [-0.4, -0.2) is 52.4 Å². The van der Waals surface area contributed by atoms with Crippen molar-refractivity contribution in [1.82, 2.24) is 20.2 Å². The number of hydrogen-bond acceptors (Lipinski definition) is 8. The minimum atomic E-state index is -5.08. The van der Waals surface area contributed by atoms with Gasteiger partial charge in [-0.1, -0.05) is 12.1 Å². The number of carboxylic acid groups (broad SMARTS) is 1. The normalized spacial score (nSPS) is 11.5. The van der Waals surface area contributed by atoms with Gasteiger partial charge in [-0.15, -0.1) is 0 Å². The topological polar surface area (TPSA) is 167 Å². The molecule has 37 heavy (non-hydrogen) atoms. The third-order valence-corrected chi connectivity index (χ3v) is 5.62. The smallest absolute Gasteiger partial charge is 0.475 e. The summed E-state index contributed by atoms with van der Waals surface area (Å²) in [5.74, 6) is -3.17. The molecule has 0 unspecified atom stereocenters. The third-order valence-electron chi connectivity index (χ3n) is 4.71. The molecule has 0 atom stereocenters. The van der Waals surface area contributed by atoms with Crippen LogP contribution < -0.4 is 15.4 Å². The number of nitrogens with two attached hydrogens (primary N) is 1. The number of aromatic amines is 1. The van der Waals surface area contributed by atoms with E-state index >= 15 is 0 Å². The molecule has 2 aromatic carbocycles. The van der Waals surface area contributed by atoms with Crippen LogP contribution >= 0.6 is 0 Å². The minimum Gasteiger partial charge on any atom is -0.475 e. The highest BCUT2D eigenvalue weighted by Gasteiger charge is 2.38. The molecule has 5 N–H and O–H groups in total. The first-order valence-corrected chi connectivity index (χ1v) is 11.8. The molecular formula is C21H19F4N7O4S. The van der Waals surface area contributed by atoms with E-state index in [0.717, 1.165) is 22.8 Å². The highest BCUT2D eigenvalue weighted by Crippen LogP contribution is 2.32. The van der Waals surface area contributed by atoms with E-state index in [4.69, 9.17) is 15.0 Å². The molecule has 4 aromatic rings. The summed E-state index contributed by atoms with van der Waals surface area (Å²) in [4.78, 5) is 18.8. The van der Waals surface area contributed by atoms with E-state index in [0.29, 0.717) is 12.2 Å². The maximum atomic E-state index is 14.7. The average molecular weight is 541 g/mol. The number of alkyl halides is 3. The van der Waals surface area contributed by atoms with E-state index in [1.807, 2.05) is 25.1 Å². The molecule has 0 saturated carbocycles. The number of carboxylic acids is 1. The van der Waals surface area contributed by atoms with Crippen molar-refractivity contribution in [2.24, 2.45) is 5.14 Å². The molecule has 2 heterocycles. The van der Waals surface area contributed by atoms with Gasteiger partial charge in [0.1, 0.15) is 0 Å². The number of H-pyrrole nitrogens is 1. The average Bonchev–Trinajstić information content (AvgIpc) is 3.31. The van der Waals surface area contributed by atoms with Crippen molar-refractivity contribution >= 4 is 50.0 Å². The van der Waals surface area contributed by atoms with Crippen molar-refractivity contribution < 1.29 is 35.9 Å². The molecule has 2 aromatic heterocycles. The summed E-state index contributed by atoms with van der Waals surface area (Å²) in [6.07, 6.45) is -2.35. The summed E-state index contributed by atoms with van der Waals surface area (Å²) in [5.41, 5.74) is 1.96. The zero-order valence-electron chi connectivity index (χ0n) is 18.9. The van der Waals surface area contributed by atoms with Crippen LogP contribution in [0, 0.1) is 5.82 Å². The second-order valence-electron chi connectivity index (χ2n) is 7.22. The van der Waals surface area contributed by atoms with E-state index < -0.39 is 28.0 Å². The fraction of sp³-hybridized carbons (Fsp3) is 0.143. The second-order valence-corrected chi connectivity index (χ2v) is 8.78. The number of anilines is 4. The quantitative estimate of drug-likeness (QED) is 0.266. The first-order chi connectivity index (χ1) is 17.3. The molecule has 11 nitrogen and oxygen atoms in total. The zero-order chi connectivity index (χ0) is 27.4. The first-order valence-electron chi connectivity index (χ1n) is 10.2. The molecule has 4 rings (SSSR count). The molecule has 0 fully saturated rings. The fourth-order valence-electron chi connectivity index (χ4n) is 3.11. The summed E-state index contributed by atoms with van der Waals surface area (Å²) in [7, 11) is -3.86. The lowest BCUT2D eigenvalue weighted by Gasteiger charge is -2.23. The van der Waals surface area contributed by atoms with Gasteiger partial charge in [-0.3, -0.25) is 5.10 Å². The van der Waals surface area contributed by atoms with Gasteiger partial charge in [-0.05, 0) is 37.3 Å². The Bertz CT molecular complexity index is 1530. The molecule has 0 spiro atoms. The number of sulfonamides is 1. The predicted octanol–water partition coefficient (Wildman–Crippen LogP) is 3.67. The van der Waals surface area contributed by atoms with Crippen LogP contribution in [0.1, 0.15) is 6.92 Å². The number of halogens is 4. The molecule has 0 aliphatic carbocycles. The van der Waals surface area contributed by atoms with Crippen LogP contribution in [0.2, 0.25) is 0 Å². The monoisotopic (exact) mass is 541 g/mol. The summed E-state index contributed by atoms with van der Waals surface area (Å²) in [6, 6.07) is 11.5. The Morgan fingerprint density at radius 3 is 2.49 bits per heavy atom. The molecule has 0 saturated heterocycles. The molecular weight excluding hydrogens is 522 g/mol. The van der Waals surface area contributed by atoms with Crippen LogP contribution in [0.5, 0.6) is 0 Å².